The lowest BCUT2D eigenvalue weighted by Crippen LogP contribution is -2.13. The molecular formula is C14H19ClN4. The van der Waals surface area contributed by atoms with Gasteiger partial charge in [0.1, 0.15) is 5.82 Å². The molecule has 0 unspecified atom stereocenters. The predicted molar refractivity (Wildman–Crippen MR) is 77.9 cm³/mol. The summed E-state index contributed by atoms with van der Waals surface area (Å²) in [5.41, 5.74) is 7.82. The van der Waals surface area contributed by atoms with Crippen molar-refractivity contribution >= 4 is 11.6 Å². The molecule has 0 amide bonds. The Kier molecular flexibility index (Phi) is 4.22. The molecule has 0 saturated heterocycles. The predicted octanol–water partition coefficient (Wildman–Crippen LogP) is 3.02. The summed E-state index contributed by atoms with van der Waals surface area (Å²) in [5.74, 6) is 2.14. The Balaban J connectivity index is 2.51. The molecule has 0 spiro atoms. The molecule has 1 aromatic heterocycles. The fraction of sp³-hybridized carbons (Fsp3) is 0.429. The van der Waals surface area contributed by atoms with Gasteiger partial charge < -0.3 is 10.3 Å². The number of rotatable bonds is 4. The second-order valence-corrected chi connectivity index (χ2v) is 5.60. The number of aromatic nitrogens is 3. The van der Waals surface area contributed by atoms with Crippen molar-refractivity contribution in [2.75, 3.05) is 0 Å². The van der Waals surface area contributed by atoms with Gasteiger partial charge >= 0.3 is 0 Å². The number of hydrogen-bond donors (Lipinski definition) is 1. The molecule has 0 fully saturated rings. The van der Waals surface area contributed by atoms with Crippen LogP contribution in [-0.2, 0) is 13.1 Å². The van der Waals surface area contributed by atoms with Crippen molar-refractivity contribution in [3.8, 4) is 11.4 Å². The molecule has 1 aromatic carbocycles. The summed E-state index contributed by atoms with van der Waals surface area (Å²) in [6, 6.07) is 5.90. The fourth-order valence-corrected chi connectivity index (χ4v) is 2.41. The van der Waals surface area contributed by atoms with Gasteiger partial charge in [0.05, 0.1) is 6.54 Å². The van der Waals surface area contributed by atoms with Crippen LogP contribution in [0.15, 0.2) is 18.2 Å². The quantitative estimate of drug-likeness (QED) is 0.935. The zero-order chi connectivity index (χ0) is 14.0. The van der Waals surface area contributed by atoms with Gasteiger partial charge in [0.25, 0.3) is 0 Å². The molecule has 1 heterocycles. The van der Waals surface area contributed by atoms with Gasteiger partial charge in [-0.05, 0) is 36.6 Å². The summed E-state index contributed by atoms with van der Waals surface area (Å²) in [5, 5.41) is 9.15. The van der Waals surface area contributed by atoms with Crippen LogP contribution in [0.4, 0.5) is 0 Å². The minimum atomic E-state index is 0.388. The third-order valence-corrected chi connectivity index (χ3v) is 3.08. The Morgan fingerprint density at radius 3 is 2.58 bits per heavy atom. The maximum atomic E-state index is 6.12. The summed E-state index contributed by atoms with van der Waals surface area (Å²) in [7, 11) is 0. The summed E-state index contributed by atoms with van der Waals surface area (Å²) in [4.78, 5) is 0. The molecule has 2 rings (SSSR count). The van der Waals surface area contributed by atoms with E-state index in [9.17, 15) is 0 Å². The molecule has 0 radical (unpaired) electrons. The smallest absolute Gasteiger partial charge is 0.164 e. The Bertz CT molecular complexity index is 555. The SMILES string of the molecule is Cc1cc(Cl)cc(-c2nnc(CN)n2CC(C)C)c1. The Labute approximate surface area is 118 Å². The molecule has 2 aromatic rings. The molecule has 19 heavy (non-hydrogen) atoms. The van der Waals surface area contributed by atoms with Crippen molar-refractivity contribution in [3.05, 3.63) is 34.6 Å². The average molecular weight is 279 g/mol. The highest BCUT2D eigenvalue weighted by Crippen LogP contribution is 2.24. The van der Waals surface area contributed by atoms with Crippen LogP contribution < -0.4 is 5.73 Å². The molecule has 0 aliphatic rings. The van der Waals surface area contributed by atoms with E-state index in [1.807, 2.05) is 19.1 Å². The maximum Gasteiger partial charge on any atom is 0.164 e. The standard InChI is InChI=1S/C14H19ClN4/c1-9(2)8-19-13(7-16)17-18-14(19)11-4-10(3)5-12(15)6-11/h4-6,9H,7-8,16H2,1-3H3. The molecule has 0 aliphatic carbocycles. The van der Waals surface area contributed by atoms with E-state index in [0.29, 0.717) is 17.5 Å². The summed E-state index contributed by atoms with van der Waals surface area (Å²) in [6.07, 6.45) is 0. The van der Waals surface area contributed by atoms with Gasteiger partial charge in [0.15, 0.2) is 5.82 Å². The van der Waals surface area contributed by atoms with Crippen molar-refractivity contribution in [1.29, 1.82) is 0 Å². The van der Waals surface area contributed by atoms with Crippen LogP contribution in [0.2, 0.25) is 5.02 Å². The van der Waals surface area contributed by atoms with Gasteiger partial charge in [-0.3, -0.25) is 0 Å². The first-order chi connectivity index (χ1) is 9.01. The number of hydrogen-bond acceptors (Lipinski definition) is 3. The van der Waals surface area contributed by atoms with Gasteiger partial charge in [-0.15, -0.1) is 10.2 Å². The molecule has 0 bridgehead atoms. The van der Waals surface area contributed by atoms with E-state index in [4.69, 9.17) is 17.3 Å². The highest BCUT2D eigenvalue weighted by atomic mass is 35.5. The van der Waals surface area contributed by atoms with Gasteiger partial charge in [-0.25, -0.2) is 0 Å². The van der Waals surface area contributed by atoms with E-state index in [0.717, 1.165) is 29.3 Å². The first-order valence-corrected chi connectivity index (χ1v) is 6.78. The van der Waals surface area contributed by atoms with Crippen LogP contribution in [0, 0.1) is 12.8 Å². The zero-order valence-electron chi connectivity index (χ0n) is 11.5. The average Bonchev–Trinajstić information content (AvgIpc) is 2.69. The number of halogens is 1. The zero-order valence-corrected chi connectivity index (χ0v) is 12.3. The lowest BCUT2D eigenvalue weighted by Gasteiger charge is -2.12. The third-order valence-electron chi connectivity index (χ3n) is 2.86. The van der Waals surface area contributed by atoms with Crippen LogP contribution in [0.1, 0.15) is 25.2 Å². The van der Waals surface area contributed by atoms with Gasteiger partial charge in [0, 0.05) is 17.1 Å². The Hall–Kier alpha value is -1.39. The number of nitrogens with zero attached hydrogens (tertiary/aromatic N) is 3. The minimum absolute atomic E-state index is 0.388. The van der Waals surface area contributed by atoms with Gasteiger partial charge in [0.2, 0.25) is 0 Å². The van der Waals surface area contributed by atoms with Crippen LogP contribution in [0.5, 0.6) is 0 Å². The summed E-state index contributed by atoms with van der Waals surface area (Å²) in [6.45, 7) is 7.57. The van der Waals surface area contributed by atoms with Crippen LogP contribution >= 0.6 is 11.6 Å². The molecule has 0 atom stereocenters. The van der Waals surface area contributed by atoms with Crippen molar-refractivity contribution in [2.24, 2.45) is 11.7 Å². The lowest BCUT2D eigenvalue weighted by molar-refractivity contribution is 0.510. The van der Waals surface area contributed by atoms with E-state index in [2.05, 4.69) is 34.7 Å². The first kappa shape index (κ1) is 14.0. The second kappa shape index (κ2) is 5.72. The maximum absolute atomic E-state index is 6.12. The summed E-state index contributed by atoms with van der Waals surface area (Å²) >= 11 is 6.12. The third kappa shape index (κ3) is 3.14. The minimum Gasteiger partial charge on any atom is -0.324 e. The number of benzene rings is 1. The van der Waals surface area contributed by atoms with Crippen LogP contribution in [0.25, 0.3) is 11.4 Å². The molecule has 0 saturated carbocycles. The molecule has 2 N–H and O–H groups in total. The number of nitrogens with two attached hydrogens (primary N) is 1. The van der Waals surface area contributed by atoms with Gasteiger partial charge in [-0.2, -0.15) is 0 Å². The molecule has 4 nitrogen and oxygen atoms in total. The van der Waals surface area contributed by atoms with Crippen molar-refractivity contribution in [2.45, 2.75) is 33.9 Å². The van der Waals surface area contributed by atoms with E-state index >= 15 is 0 Å². The van der Waals surface area contributed by atoms with Crippen molar-refractivity contribution in [1.82, 2.24) is 14.8 Å². The molecule has 5 heteroatoms. The highest BCUT2D eigenvalue weighted by Gasteiger charge is 2.14. The normalized spacial score (nSPS) is 11.3. The number of aryl methyl sites for hydroxylation is 1. The van der Waals surface area contributed by atoms with E-state index in [1.165, 1.54) is 0 Å². The Morgan fingerprint density at radius 1 is 1.26 bits per heavy atom. The van der Waals surface area contributed by atoms with E-state index < -0.39 is 0 Å². The molecule has 0 aliphatic heterocycles. The van der Waals surface area contributed by atoms with Crippen molar-refractivity contribution < 1.29 is 0 Å². The highest BCUT2D eigenvalue weighted by molar-refractivity contribution is 6.30. The van der Waals surface area contributed by atoms with E-state index in [1.54, 1.807) is 0 Å². The Morgan fingerprint density at radius 2 is 2.00 bits per heavy atom. The van der Waals surface area contributed by atoms with Crippen molar-refractivity contribution in [3.63, 3.8) is 0 Å². The fourth-order valence-electron chi connectivity index (χ4n) is 2.12. The topological polar surface area (TPSA) is 56.7 Å². The monoisotopic (exact) mass is 278 g/mol. The van der Waals surface area contributed by atoms with E-state index in [-0.39, 0.29) is 0 Å². The lowest BCUT2D eigenvalue weighted by atomic mass is 10.1. The van der Waals surface area contributed by atoms with Crippen LogP contribution in [0.3, 0.4) is 0 Å². The largest absolute Gasteiger partial charge is 0.324 e. The second-order valence-electron chi connectivity index (χ2n) is 5.17. The molecule has 102 valence electrons. The summed E-state index contributed by atoms with van der Waals surface area (Å²) < 4.78 is 2.08. The van der Waals surface area contributed by atoms with Gasteiger partial charge in [-0.1, -0.05) is 25.4 Å². The molecular weight excluding hydrogens is 260 g/mol. The van der Waals surface area contributed by atoms with Crippen LogP contribution in [-0.4, -0.2) is 14.8 Å². The first-order valence-electron chi connectivity index (χ1n) is 6.41.